The second-order valence-electron chi connectivity index (χ2n) is 4.77. The van der Waals surface area contributed by atoms with Gasteiger partial charge < -0.3 is 0 Å². The molecule has 0 amide bonds. The molecule has 0 bridgehead atoms. The van der Waals surface area contributed by atoms with Crippen LogP contribution in [-0.4, -0.2) is 12.3 Å². The van der Waals surface area contributed by atoms with E-state index in [2.05, 4.69) is 30.1 Å². The van der Waals surface area contributed by atoms with Crippen molar-refractivity contribution in [2.24, 2.45) is 10.9 Å². The number of nitrogens with zero attached hydrogens (tertiary/aromatic N) is 2. The van der Waals surface area contributed by atoms with Crippen molar-refractivity contribution in [2.75, 3.05) is 0 Å². The van der Waals surface area contributed by atoms with Gasteiger partial charge in [0.2, 0.25) is 0 Å². The minimum absolute atomic E-state index is 0.264. The molecule has 0 aromatic heterocycles. The van der Waals surface area contributed by atoms with Crippen molar-refractivity contribution in [1.82, 2.24) is 0 Å². The van der Waals surface area contributed by atoms with Crippen LogP contribution in [0.3, 0.4) is 0 Å². The highest BCUT2D eigenvalue weighted by Gasteiger charge is 2.19. The van der Waals surface area contributed by atoms with Gasteiger partial charge >= 0.3 is 0 Å². The van der Waals surface area contributed by atoms with E-state index < -0.39 is 0 Å². The van der Waals surface area contributed by atoms with Crippen LogP contribution in [0.15, 0.2) is 29.3 Å². The van der Waals surface area contributed by atoms with Crippen LogP contribution in [-0.2, 0) is 0 Å². The molecule has 1 aromatic rings. The lowest BCUT2D eigenvalue weighted by Gasteiger charge is -2.21. The topological polar surface area (TPSA) is 36.1 Å². The zero-order valence-corrected chi connectivity index (χ0v) is 10.3. The quantitative estimate of drug-likeness (QED) is 0.711. The molecule has 17 heavy (non-hydrogen) atoms. The lowest BCUT2D eigenvalue weighted by Crippen LogP contribution is -2.16. The van der Waals surface area contributed by atoms with Gasteiger partial charge in [0.25, 0.3) is 0 Å². The molecule has 0 saturated heterocycles. The van der Waals surface area contributed by atoms with E-state index in [-0.39, 0.29) is 5.92 Å². The Labute approximate surface area is 103 Å². The molecule has 1 aromatic carbocycles. The molecular weight excluding hydrogens is 208 g/mol. The van der Waals surface area contributed by atoms with E-state index in [4.69, 9.17) is 5.26 Å². The number of benzene rings is 1. The van der Waals surface area contributed by atoms with E-state index in [0.29, 0.717) is 6.04 Å². The molecule has 0 spiro atoms. The lowest BCUT2D eigenvalue weighted by atomic mass is 9.87. The summed E-state index contributed by atoms with van der Waals surface area (Å²) in [6, 6.07) is 11.1. The Bertz CT molecular complexity index is 434. The minimum atomic E-state index is 0.264. The summed E-state index contributed by atoms with van der Waals surface area (Å²) in [6.45, 7) is 2.11. The Balaban J connectivity index is 1.94. The first-order valence-corrected chi connectivity index (χ1v) is 6.28. The van der Waals surface area contributed by atoms with E-state index in [1.54, 1.807) is 0 Å². The van der Waals surface area contributed by atoms with Crippen molar-refractivity contribution in [1.29, 1.82) is 5.26 Å². The summed E-state index contributed by atoms with van der Waals surface area (Å²) < 4.78 is 0. The fourth-order valence-corrected chi connectivity index (χ4v) is 2.27. The van der Waals surface area contributed by atoms with E-state index in [1.165, 1.54) is 11.1 Å². The van der Waals surface area contributed by atoms with Crippen LogP contribution >= 0.6 is 0 Å². The Morgan fingerprint density at radius 2 is 1.94 bits per heavy atom. The first kappa shape index (κ1) is 11.9. The molecule has 0 atom stereocenters. The summed E-state index contributed by atoms with van der Waals surface area (Å²) in [5.74, 6) is 0.264. The molecule has 0 radical (unpaired) electrons. The molecule has 1 fully saturated rings. The average Bonchev–Trinajstić information content (AvgIpc) is 2.38. The lowest BCUT2D eigenvalue weighted by molar-refractivity contribution is 0.384. The smallest absolute Gasteiger partial charge is 0.0655 e. The Hall–Kier alpha value is -1.62. The van der Waals surface area contributed by atoms with Gasteiger partial charge in [0.05, 0.1) is 12.1 Å². The summed E-state index contributed by atoms with van der Waals surface area (Å²) >= 11 is 0. The van der Waals surface area contributed by atoms with Gasteiger partial charge in [-0.3, -0.25) is 4.99 Å². The average molecular weight is 226 g/mol. The molecule has 2 heteroatoms. The van der Waals surface area contributed by atoms with E-state index in [0.717, 1.165) is 25.7 Å². The van der Waals surface area contributed by atoms with Crippen molar-refractivity contribution in [3.8, 4) is 6.07 Å². The third kappa shape index (κ3) is 3.17. The number of aliphatic imine (C=N–C) groups is 1. The molecule has 2 nitrogen and oxygen atoms in total. The minimum Gasteiger partial charge on any atom is -0.289 e. The van der Waals surface area contributed by atoms with Crippen molar-refractivity contribution < 1.29 is 0 Å². The zero-order valence-electron chi connectivity index (χ0n) is 10.3. The predicted octanol–water partition coefficient (Wildman–Crippen LogP) is 3.50. The zero-order chi connectivity index (χ0) is 12.1. The molecule has 1 aliphatic rings. The van der Waals surface area contributed by atoms with Gasteiger partial charge in [0, 0.05) is 12.1 Å². The van der Waals surface area contributed by atoms with E-state index >= 15 is 0 Å². The fourth-order valence-electron chi connectivity index (χ4n) is 2.27. The Morgan fingerprint density at radius 1 is 1.24 bits per heavy atom. The van der Waals surface area contributed by atoms with Gasteiger partial charge in [0.15, 0.2) is 0 Å². The molecule has 0 heterocycles. The Morgan fingerprint density at radius 3 is 2.59 bits per heavy atom. The number of hydrogen-bond donors (Lipinski definition) is 0. The van der Waals surface area contributed by atoms with Crippen LogP contribution in [0.25, 0.3) is 0 Å². The van der Waals surface area contributed by atoms with Crippen LogP contribution in [0.4, 0.5) is 0 Å². The number of rotatable bonds is 2. The molecule has 1 aliphatic carbocycles. The molecule has 88 valence electrons. The number of aryl methyl sites for hydroxylation is 1. The van der Waals surface area contributed by atoms with Gasteiger partial charge in [-0.15, -0.1) is 0 Å². The highest BCUT2D eigenvalue weighted by atomic mass is 14.8. The maximum Gasteiger partial charge on any atom is 0.0655 e. The van der Waals surface area contributed by atoms with Gasteiger partial charge in [-0.05, 0) is 43.7 Å². The summed E-state index contributed by atoms with van der Waals surface area (Å²) in [5, 5.41) is 8.83. The maximum absolute atomic E-state index is 8.83. The van der Waals surface area contributed by atoms with Gasteiger partial charge in [-0.2, -0.15) is 5.26 Å². The SMILES string of the molecule is Cc1ccccc1C=NC1CCC(C#N)CC1. The predicted molar refractivity (Wildman–Crippen MR) is 70.1 cm³/mol. The summed E-state index contributed by atoms with van der Waals surface area (Å²) in [6.07, 6.45) is 6.12. The van der Waals surface area contributed by atoms with Crippen molar-refractivity contribution >= 4 is 6.21 Å². The number of hydrogen-bond acceptors (Lipinski definition) is 2. The van der Waals surface area contributed by atoms with Crippen LogP contribution < -0.4 is 0 Å². The summed E-state index contributed by atoms with van der Waals surface area (Å²) in [4.78, 5) is 4.65. The molecule has 0 unspecified atom stereocenters. The monoisotopic (exact) mass is 226 g/mol. The van der Waals surface area contributed by atoms with Crippen LogP contribution in [0, 0.1) is 24.2 Å². The highest BCUT2D eigenvalue weighted by molar-refractivity contribution is 5.81. The Kier molecular flexibility index (Phi) is 3.93. The van der Waals surface area contributed by atoms with Crippen LogP contribution in [0.2, 0.25) is 0 Å². The van der Waals surface area contributed by atoms with Crippen LogP contribution in [0.5, 0.6) is 0 Å². The third-order valence-electron chi connectivity index (χ3n) is 3.49. The largest absolute Gasteiger partial charge is 0.289 e. The summed E-state index contributed by atoms with van der Waals surface area (Å²) in [7, 11) is 0. The van der Waals surface area contributed by atoms with Crippen molar-refractivity contribution in [2.45, 2.75) is 38.6 Å². The van der Waals surface area contributed by atoms with Gasteiger partial charge in [-0.25, -0.2) is 0 Å². The van der Waals surface area contributed by atoms with Gasteiger partial charge in [0.1, 0.15) is 0 Å². The fraction of sp³-hybridized carbons (Fsp3) is 0.467. The van der Waals surface area contributed by atoms with Gasteiger partial charge in [-0.1, -0.05) is 24.3 Å². The normalized spacial score (nSPS) is 24.7. The van der Waals surface area contributed by atoms with E-state index in [1.807, 2.05) is 18.3 Å². The number of nitriles is 1. The molecule has 1 saturated carbocycles. The first-order valence-electron chi connectivity index (χ1n) is 6.28. The molecule has 2 rings (SSSR count). The second-order valence-corrected chi connectivity index (χ2v) is 4.77. The highest BCUT2D eigenvalue weighted by Crippen LogP contribution is 2.25. The third-order valence-corrected chi connectivity index (χ3v) is 3.49. The first-order chi connectivity index (χ1) is 8.29. The summed E-state index contributed by atoms with van der Waals surface area (Å²) in [5.41, 5.74) is 2.47. The van der Waals surface area contributed by atoms with Crippen LogP contribution in [0.1, 0.15) is 36.8 Å². The van der Waals surface area contributed by atoms with Crippen molar-refractivity contribution in [3.63, 3.8) is 0 Å². The second kappa shape index (κ2) is 5.63. The molecular formula is C15H18N2. The molecule has 0 aliphatic heterocycles. The van der Waals surface area contributed by atoms with Crippen molar-refractivity contribution in [3.05, 3.63) is 35.4 Å². The molecule has 0 N–H and O–H groups in total. The maximum atomic E-state index is 8.83. The standard InChI is InChI=1S/C15H18N2/c1-12-4-2-3-5-14(12)11-17-15-8-6-13(10-16)7-9-15/h2-5,11,13,15H,6-9H2,1H3. The van der Waals surface area contributed by atoms with E-state index in [9.17, 15) is 0 Å².